The second-order valence-corrected chi connectivity index (χ2v) is 14.7. The third-order valence-corrected chi connectivity index (χ3v) is 11.3. The number of hydrogen-bond acceptors (Lipinski definition) is 5. The van der Waals surface area contributed by atoms with Crippen LogP contribution >= 0.6 is 0 Å². The number of nitrogens with zero attached hydrogens (tertiary/aromatic N) is 5. The predicted molar refractivity (Wildman–Crippen MR) is 231 cm³/mol. The molecule has 2 aliphatic rings. The Labute approximate surface area is 324 Å². The van der Waals surface area contributed by atoms with Crippen molar-refractivity contribution in [1.29, 1.82) is 0 Å². The summed E-state index contributed by atoms with van der Waals surface area (Å²) in [4.78, 5) is 25.2. The van der Waals surface area contributed by atoms with Gasteiger partial charge in [-0.3, -0.25) is 9.98 Å². The topological polar surface area (TPSA) is 63.4 Å². The lowest BCUT2D eigenvalue weighted by Gasteiger charge is -2.17. The number of aliphatic imine (C=N–C) groups is 2. The van der Waals surface area contributed by atoms with Gasteiger partial charge in [0.05, 0.1) is 39.3 Å². The van der Waals surface area contributed by atoms with Gasteiger partial charge in [0.15, 0.2) is 0 Å². The maximum Gasteiger partial charge on any atom is 0.0968 e. The molecule has 0 saturated carbocycles. The van der Waals surface area contributed by atoms with E-state index >= 15 is 0 Å². The Morgan fingerprint density at radius 1 is 0.411 bits per heavy atom. The minimum Gasteiger partial charge on any atom is -0.292 e. The highest BCUT2D eigenvalue weighted by Crippen LogP contribution is 2.36. The summed E-state index contributed by atoms with van der Waals surface area (Å²) < 4.78 is 0. The van der Waals surface area contributed by atoms with E-state index < -0.39 is 0 Å². The van der Waals surface area contributed by atoms with Crippen molar-refractivity contribution in [3.05, 3.63) is 180 Å². The van der Waals surface area contributed by atoms with E-state index in [1.54, 1.807) is 0 Å². The molecule has 0 bridgehead atoms. The van der Waals surface area contributed by atoms with Crippen molar-refractivity contribution in [2.24, 2.45) is 9.98 Å². The van der Waals surface area contributed by atoms with E-state index in [-0.39, 0.29) is 0 Å². The lowest BCUT2D eigenvalue weighted by molar-refractivity contribution is 0.953. The Balaban J connectivity index is 0.894. The fourth-order valence-electron chi connectivity index (χ4n) is 8.25. The van der Waals surface area contributed by atoms with Crippen molar-refractivity contribution < 1.29 is 0 Å². The van der Waals surface area contributed by atoms with E-state index in [4.69, 9.17) is 19.9 Å². The second kappa shape index (κ2) is 13.3. The van der Waals surface area contributed by atoms with Crippen LogP contribution in [-0.2, 0) is 12.8 Å². The molecule has 9 aromatic rings. The normalized spacial score (nSPS) is 13.5. The highest BCUT2D eigenvalue weighted by Gasteiger charge is 2.18. The van der Waals surface area contributed by atoms with Gasteiger partial charge in [0.1, 0.15) is 0 Å². The van der Waals surface area contributed by atoms with E-state index in [1.807, 2.05) is 6.21 Å². The second-order valence-electron chi connectivity index (χ2n) is 14.7. The molecule has 0 N–H and O–H groups in total. The van der Waals surface area contributed by atoms with Crippen LogP contribution in [0.5, 0.6) is 0 Å². The summed E-state index contributed by atoms with van der Waals surface area (Å²) in [6.45, 7) is 0.843. The van der Waals surface area contributed by atoms with Crippen LogP contribution in [0.1, 0.15) is 28.7 Å². The standard InChI is InChI=1S/C51H35N5/c1-2-5-34(6-3-1)44-24-21-38-15-16-39-22-25-45(56-51(39)50(38)55-44)35-11-9-32(10-12-35)40-17-13-36-19-23-46(53-48(36)29-40)41-18-14-37-20-26-47(54-49(37)30-41)42-8-4-7-33-27-28-52-31-43(33)42/h1-20,22-23,25-26,29-31H,21,24,27-28H2. The molecule has 3 aromatic heterocycles. The number of aromatic nitrogens is 3. The van der Waals surface area contributed by atoms with Crippen LogP contribution in [0.15, 0.2) is 168 Å². The molecule has 5 heteroatoms. The third kappa shape index (κ3) is 5.76. The lowest BCUT2D eigenvalue weighted by atomic mass is 9.95. The van der Waals surface area contributed by atoms with E-state index in [9.17, 15) is 0 Å². The zero-order valence-corrected chi connectivity index (χ0v) is 30.7. The van der Waals surface area contributed by atoms with Crippen molar-refractivity contribution in [2.75, 3.05) is 6.54 Å². The largest absolute Gasteiger partial charge is 0.292 e. The molecule has 5 nitrogen and oxygen atoms in total. The Kier molecular flexibility index (Phi) is 7.69. The zero-order chi connectivity index (χ0) is 37.0. The number of fused-ring (bicyclic) bond motifs is 6. The smallest absolute Gasteiger partial charge is 0.0968 e. The molecule has 0 aliphatic carbocycles. The van der Waals surface area contributed by atoms with Gasteiger partial charge in [-0.05, 0) is 77.4 Å². The number of aryl methyl sites for hydroxylation is 1. The van der Waals surface area contributed by atoms with Crippen LogP contribution in [0.2, 0.25) is 0 Å². The fraction of sp³-hybridized carbons (Fsp3) is 0.0784. The molecule has 2 aliphatic heterocycles. The molecule has 5 heterocycles. The van der Waals surface area contributed by atoms with Gasteiger partial charge >= 0.3 is 0 Å². The van der Waals surface area contributed by atoms with Gasteiger partial charge in [0.2, 0.25) is 0 Å². The van der Waals surface area contributed by atoms with Gasteiger partial charge in [-0.2, -0.15) is 0 Å². The molecule has 0 atom stereocenters. The molecule has 0 amide bonds. The molecule has 6 aromatic carbocycles. The Morgan fingerprint density at radius 2 is 1.07 bits per heavy atom. The predicted octanol–water partition coefficient (Wildman–Crippen LogP) is 12.0. The molecular weight excluding hydrogens is 683 g/mol. The quantitative estimate of drug-likeness (QED) is 0.178. The first-order chi connectivity index (χ1) is 27.7. The maximum atomic E-state index is 5.20. The molecule has 0 radical (unpaired) electrons. The number of hydrogen-bond donors (Lipinski definition) is 0. The van der Waals surface area contributed by atoms with Crippen molar-refractivity contribution in [1.82, 2.24) is 15.0 Å². The summed E-state index contributed by atoms with van der Waals surface area (Å²) in [6, 6.07) is 55.8. The van der Waals surface area contributed by atoms with Gasteiger partial charge in [0.25, 0.3) is 0 Å². The molecule has 0 saturated heterocycles. The third-order valence-electron chi connectivity index (χ3n) is 11.3. The van der Waals surface area contributed by atoms with Crippen molar-refractivity contribution >= 4 is 50.3 Å². The Hall–Kier alpha value is -7.11. The molecule has 264 valence electrons. The SMILES string of the molecule is C1=NCCc2cccc(-c3ccc4ccc(-c5ccc6ccc(-c7ccc(-c8ccc9ccc%10c(c9n8)N=C(c8ccccc8)CC%10)cc7)cc6n5)cc4n3)c21. The summed E-state index contributed by atoms with van der Waals surface area (Å²) in [5.74, 6) is 0. The van der Waals surface area contributed by atoms with Crippen LogP contribution in [0.4, 0.5) is 5.69 Å². The van der Waals surface area contributed by atoms with Crippen LogP contribution in [0.25, 0.3) is 77.6 Å². The van der Waals surface area contributed by atoms with Crippen LogP contribution in [0, 0.1) is 0 Å². The van der Waals surface area contributed by atoms with E-state index in [1.165, 1.54) is 22.3 Å². The minimum atomic E-state index is 0.843. The minimum absolute atomic E-state index is 0.843. The van der Waals surface area contributed by atoms with Crippen LogP contribution in [-0.4, -0.2) is 33.4 Å². The van der Waals surface area contributed by atoms with Gasteiger partial charge in [-0.25, -0.2) is 15.0 Å². The molecule has 0 unspecified atom stereocenters. The monoisotopic (exact) mass is 717 g/mol. The number of benzene rings is 6. The summed E-state index contributed by atoms with van der Waals surface area (Å²) in [7, 11) is 0. The van der Waals surface area contributed by atoms with E-state index in [0.29, 0.717) is 0 Å². The lowest BCUT2D eigenvalue weighted by Crippen LogP contribution is -2.08. The summed E-state index contributed by atoms with van der Waals surface area (Å²) in [5.41, 5.74) is 18.3. The molecule has 56 heavy (non-hydrogen) atoms. The number of rotatable bonds is 5. The maximum absolute atomic E-state index is 5.20. The highest BCUT2D eigenvalue weighted by molar-refractivity contribution is 6.06. The average Bonchev–Trinajstić information content (AvgIpc) is 3.28. The highest BCUT2D eigenvalue weighted by atomic mass is 14.8. The van der Waals surface area contributed by atoms with Crippen molar-refractivity contribution in [3.63, 3.8) is 0 Å². The van der Waals surface area contributed by atoms with E-state index in [0.717, 1.165) is 115 Å². The van der Waals surface area contributed by atoms with Crippen LogP contribution < -0.4 is 0 Å². The fourth-order valence-corrected chi connectivity index (χ4v) is 8.25. The molecule has 0 fully saturated rings. The Bertz CT molecular complexity index is 3070. The first-order valence-electron chi connectivity index (χ1n) is 19.3. The van der Waals surface area contributed by atoms with Gasteiger partial charge in [0, 0.05) is 56.9 Å². The van der Waals surface area contributed by atoms with Gasteiger partial charge in [-0.15, -0.1) is 0 Å². The molecule has 0 spiro atoms. The summed E-state index contributed by atoms with van der Waals surface area (Å²) in [6.07, 6.45) is 4.87. The number of pyridine rings is 3. The van der Waals surface area contributed by atoms with Crippen molar-refractivity contribution in [2.45, 2.75) is 19.3 Å². The summed E-state index contributed by atoms with van der Waals surface area (Å²) >= 11 is 0. The zero-order valence-electron chi connectivity index (χ0n) is 30.7. The van der Waals surface area contributed by atoms with E-state index in [2.05, 4.69) is 163 Å². The first-order valence-corrected chi connectivity index (χ1v) is 19.3. The van der Waals surface area contributed by atoms with Gasteiger partial charge < -0.3 is 0 Å². The average molecular weight is 718 g/mol. The first kappa shape index (κ1) is 32.3. The molecule has 11 rings (SSSR count). The molecular formula is C51H35N5. The van der Waals surface area contributed by atoms with Crippen molar-refractivity contribution in [3.8, 4) is 44.9 Å². The van der Waals surface area contributed by atoms with Gasteiger partial charge in [-0.1, -0.05) is 127 Å². The van der Waals surface area contributed by atoms with Crippen LogP contribution in [0.3, 0.4) is 0 Å². The Morgan fingerprint density at radius 3 is 1.91 bits per heavy atom. The summed E-state index contributed by atoms with van der Waals surface area (Å²) in [5, 5.41) is 3.31.